The van der Waals surface area contributed by atoms with Gasteiger partial charge in [-0.15, -0.1) is 11.6 Å². The molecule has 1 saturated carbocycles. The van der Waals surface area contributed by atoms with Crippen molar-refractivity contribution in [2.75, 3.05) is 0 Å². The summed E-state index contributed by atoms with van der Waals surface area (Å²) in [7, 11) is 0. The van der Waals surface area contributed by atoms with Gasteiger partial charge in [0.15, 0.2) is 0 Å². The average Bonchev–Trinajstić information content (AvgIpc) is 2.11. The molecule has 0 saturated heterocycles. The van der Waals surface area contributed by atoms with Crippen molar-refractivity contribution in [3.63, 3.8) is 0 Å². The van der Waals surface area contributed by atoms with Crippen molar-refractivity contribution in [3.05, 3.63) is 34.3 Å². The standard InChI is InChI=1S/C11H13BrClN/c12-9-3-1-2-8(4-9)7-14-11-5-10(13)6-11/h1-4,10-11,14H,5-7H2. The summed E-state index contributed by atoms with van der Waals surface area (Å²) >= 11 is 9.36. The number of hydrogen-bond donors (Lipinski definition) is 1. The van der Waals surface area contributed by atoms with Crippen LogP contribution in [0, 0.1) is 0 Å². The molecule has 1 nitrogen and oxygen atoms in total. The highest BCUT2D eigenvalue weighted by molar-refractivity contribution is 9.10. The zero-order valence-electron chi connectivity index (χ0n) is 7.84. The van der Waals surface area contributed by atoms with Gasteiger partial charge in [0.2, 0.25) is 0 Å². The number of benzene rings is 1. The van der Waals surface area contributed by atoms with Gasteiger partial charge in [-0.1, -0.05) is 28.1 Å². The second-order valence-electron chi connectivity index (χ2n) is 3.78. The Morgan fingerprint density at radius 1 is 1.43 bits per heavy atom. The first kappa shape index (κ1) is 10.5. The second kappa shape index (κ2) is 4.65. The van der Waals surface area contributed by atoms with Crippen LogP contribution in [0.3, 0.4) is 0 Å². The summed E-state index contributed by atoms with van der Waals surface area (Å²) in [6, 6.07) is 9.00. The van der Waals surface area contributed by atoms with E-state index in [2.05, 4.69) is 39.4 Å². The molecule has 0 bridgehead atoms. The predicted octanol–water partition coefficient (Wildman–Crippen LogP) is 3.31. The average molecular weight is 275 g/mol. The van der Waals surface area contributed by atoms with E-state index < -0.39 is 0 Å². The molecule has 0 amide bonds. The van der Waals surface area contributed by atoms with Gasteiger partial charge in [-0.3, -0.25) is 0 Å². The van der Waals surface area contributed by atoms with Crippen molar-refractivity contribution in [2.24, 2.45) is 0 Å². The van der Waals surface area contributed by atoms with Gasteiger partial charge >= 0.3 is 0 Å². The Kier molecular flexibility index (Phi) is 3.47. The van der Waals surface area contributed by atoms with Crippen LogP contribution in [-0.4, -0.2) is 11.4 Å². The Hall–Kier alpha value is -0.0500. The lowest BCUT2D eigenvalue weighted by Gasteiger charge is -2.31. The molecule has 0 unspecified atom stereocenters. The molecule has 3 heteroatoms. The van der Waals surface area contributed by atoms with Crippen molar-refractivity contribution >= 4 is 27.5 Å². The van der Waals surface area contributed by atoms with Gasteiger partial charge in [-0.2, -0.15) is 0 Å². The summed E-state index contributed by atoms with van der Waals surface area (Å²) in [5.41, 5.74) is 1.32. The summed E-state index contributed by atoms with van der Waals surface area (Å²) in [6.45, 7) is 0.938. The van der Waals surface area contributed by atoms with Crippen LogP contribution < -0.4 is 5.32 Å². The van der Waals surface area contributed by atoms with Crippen LogP contribution >= 0.6 is 27.5 Å². The van der Waals surface area contributed by atoms with Crippen molar-refractivity contribution in [3.8, 4) is 0 Å². The van der Waals surface area contributed by atoms with E-state index in [0.717, 1.165) is 23.9 Å². The molecular formula is C11H13BrClN. The van der Waals surface area contributed by atoms with E-state index in [9.17, 15) is 0 Å². The summed E-state index contributed by atoms with van der Waals surface area (Å²) in [5, 5.41) is 3.89. The molecule has 0 heterocycles. The summed E-state index contributed by atoms with van der Waals surface area (Å²) in [4.78, 5) is 0. The van der Waals surface area contributed by atoms with Gasteiger partial charge in [-0.25, -0.2) is 0 Å². The number of alkyl halides is 1. The maximum Gasteiger partial charge on any atom is 0.0365 e. The highest BCUT2D eigenvalue weighted by Gasteiger charge is 2.26. The number of hydrogen-bond acceptors (Lipinski definition) is 1. The van der Waals surface area contributed by atoms with E-state index in [0.29, 0.717) is 11.4 Å². The molecule has 1 aliphatic carbocycles. The number of nitrogens with one attached hydrogen (secondary N) is 1. The molecular weight excluding hydrogens is 261 g/mol. The third-order valence-corrected chi connectivity index (χ3v) is 3.41. The van der Waals surface area contributed by atoms with Gasteiger partial charge in [0.05, 0.1) is 0 Å². The molecule has 0 aliphatic heterocycles. The molecule has 0 atom stereocenters. The summed E-state index contributed by atoms with van der Waals surface area (Å²) < 4.78 is 1.14. The Bertz CT molecular complexity index is 310. The number of halogens is 2. The minimum Gasteiger partial charge on any atom is -0.310 e. The van der Waals surface area contributed by atoms with Crippen LogP contribution in [0.1, 0.15) is 18.4 Å². The van der Waals surface area contributed by atoms with E-state index in [1.165, 1.54) is 5.56 Å². The smallest absolute Gasteiger partial charge is 0.0365 e. The van der Waals surface area contributed by atoms with E-state index >= 15 is 0 Å². The third kappa shape index (κ3) is 2.72. The quantitative estimate of drug-likeness (QED) is 0.834. The minimum atomic E-state index is 0.398. The molecule has 14 heavy (non-hydrogen) atoms. The van der Waals surface area contributed by atoms with Gasteiger partial charge in [0.1, 0.15) is 0 Å². The normalized spacial score (nSPS) is 25.9. The van der Waals surface area contributed by atoms with Crippen LogP contribution in [0.2, 0.25) is 0 Å². The van der Waals surface area contributed by atoms with Crippen LogP contribution in [0.25, 0.3) is 0 Å². The van der Waals surface area contributed by atoms with Crippen molar-refractivity contribution < 1.29 is 0 Å². The first-order valence-electron chi connectivity index (χ1n) is 4.86. The molecule has 1 aliphatic rings. The fourth-order valence-electron chi connectivity index (χ4n) is 1.62. The highest BCUT2D eigenvalue weighted by Crippen LogP contribution is 2.25. The molecule has 0 aromatic heterocycles. The SMILES string of the molecule is ClC1CC(NCc2cccc(Br)c2)C1. The zero-order chi connectivity index (χ0) is 9.97. The lowest BCUT2D eigenvalue weighted by Crippen LogP contribution is -2.41. The molecule has 0 spiro atoms. The Balaban J connectivity index is 1.80. The van der Waals surface area contributed by atoms with E-state index in [1.54, 1.807) is 0 Å². The first-order valence-corrected chi connectivity index (χ1v) is 6.09. The van der Waals surface area contributed by atoms with Crippen LogP contribution in [0.5, 0.6) is 0 Å². The van der Waals surface area contributed by atoms with Crippen LogP contribution in [0.15, 0.2) is 28.7 Å². The van der Waals surface area contributed by atoms with Crippen LogP contribution in [-0.2, 0) is 6.54 Å². The Labute approximate surface area is 98.0 Å². The third-order valence-electron chi connectivity index (χ3n) is 2.56. The molecule has 1 aromatic rings. The summed E-state index contributed by atoms with van der Waals surface area (Å²) in [5.74, 6) is 0. The van der Waals surface area contributed by atoms with Crippen molar-refractivity contribution in [1.29, 1.82) is 0 Å². The topological polar surface area (TPSA) is 12.0 Å². The fraction of sp³-hybridized carbons (Fsp3) is 0.455. The monoisotopic (exact) mass is 273 g/mol. The lowest BCUT2D eigenvalue weighted by molar-refractivity contribution is 0.345. The van der Waals surface area contributed by atoms with Gasteiger partial charge in [0.25, 0.3) is 0 Å². The van der Waals surface area contributed by atoms with Crippen molar-refractivity contribution in [2.45, 2.75) is 30.8 Å². The van der Waals surface area contributed by atoms with Gasteiger partial charge < -0.3 is 5.32 Å². The van der Waals surface area contributed by atoms with E-state index in [-0.39, 0.29) is 0 Å². The van der Waals surface area contributed by atoms with Crippen LogP contribution in [0.4, 0.5) is 0 Å². The molecule has 1 N–H and O–H groups in total. The van der Waals surface area contributed by atoms with E-state index in [1.807, 2.05) is 6.07 Å². The molecule has 2 rings (SSSR count). The van der Waals surface area contributed by atoms with Crippen molar-refractivity contribution in [1.82, 2.24) is 5.32 Å². The molecule has 76 valence electrons. The van der Waals surface area contributed by atoms with E-state index in [4.69, 9.17) is 11.6 Å². The Morgan fingerprint density at radius 3 is 2.86 bits per heavy atom. The predicted molar refractivity (Wildman–Crippen MR) is 63.6 cm³/mol. The maximum absolute atomic E-state index is 5.90. The maximum atomic E-state index is 5.90. The highest BCUT2D eigenvalue weighted by atomic mass is 79.9. The Morgan fingerprint density at radius 2 is 2.21 bits per heavy atom. The largest absolute Gasteiger partial charge is 0.310 e. The van der Waals surface area contributed by atoms with Gasteiger partial charge in [0, 0.05) is 22.4 Å². The summed E-state index contributed by atoms with van der Waals surface area (Å²) in [6.07, 6.45) is 2.21. The zero-order valence-corrected chi connectivity index (χ0v) is 10.2. The second-order valence-corrected chi connectivity index (χ2v) is 5.31. The molecule has 0 radical (unpaired) electrons. The lowest BCUT2D eigenvalue weighted by atomic mass is 9.92. The molecule has 1 aromatic carbocycles. The fourth-order valence-corrected chi connectivity index (χ4v) is 2.50. The van der Waals surface area contributed by atoms with Gasteiger partial charge in [-0.05, 0) is 30.5 Å². The molecule has 1 fully saturated rings. The number of rotatable bonds is 3. The minimum absolute atomic E-state index is 0.398. The first-order chi connectivity index (χ1) is 6.74.